The fourth-order valence-corrected chi connectivity index (χ4v) is 4.94. The van der Waals surface area contributed by atoms with Crippen molar-refractivity contribution in [1.82, 2.24) is 10.2 Å². The summed E-state index contributed by atoms with van der Waals surface area (Å²) in [6.45, 7) is 1.39. The van der Waals surface area contributed by atoms with E-state index in [0.29, 0.717) is 0 Å². The molecule has 2 heteroatoms. The molecule has 1 N–H and O–H groups in total. The van der Waals surface area contributed by atoms with Crippen molar-refractivity contribution < 1.29 is 0 Å². The lowest BCUT2D eigenvalue weighted by Crippen LogP contribution is -2.55. The molecule has 2 saturated heterocycles. The molecule has 0 aromatic heterocycles. The maximum Gasteiger partial charge on any atom is 0.0113 e. The van der Waals surface area contributed by atoms with Gasteiger partial charge in [0.25, 0.3) is 0 Å². The van der Waals surface area contributed by atoms with E-state index in [-0.39, 0.29) is 0 Å². The Morgan fingerprint density at radius 2 is 1.63 bits per heavy atom. The Balaban J connectivity index is 1.46. The second-order valence-corrected chi connectivity index (χ2v) is 7.23. The van der Waals surface area contributed by atoms with Gasteiger partial charge in [-0.2, -0.15) is 0 Å². The van der Waals surface area contributed by atoms with Crippen molar-refractivity contribution in [2.75, 3.05) is 13.6 Å². The van der Waals surface area contributed by atoms with Crippen LogP contribution in [0.25, 0.3) is 0 Å². The molecule has 0 aromatic rings. The summed E-state index contributed by atoms with van der Waals surface area (Å²) in [4.78, 5) is 2.90. The van der Waals surface area contributed by atoms with Gasteiger partial charge in [0.2, 0.25) is 0 Å². The second-order valence-electron chi connectivity index (χ2n) is 7.23. The number of nitrogens with zero attached hydrogens (tertiary/aromatic N) is 1. The molecule has 0 spiro atoms. The van der Waals surface area contributed by atoms with Crippen molar-refractivity contribution in [1.29, 1.82) is 0 Å². The van der Waals surface area contributed by atoms with E-state index in [9.17, 15) is 0 Å². The molecule has 3 rings (SSSR count). The molecule has 1 saturated carbocycles. The summed E-state index contributed by atoms with van der Waals surface area (Å²) in [5.74, 6) is 1.08. The summed E-state index contributed by atoms with van der Waals surface area (Å²) in [5, 5.41) is 3.53. The zero-order valence-corrected chi connectivity index (χ0v) is 12.7. The van der Waals surface area contributed by atoms with Gasteiger partial charge in [-0.1, -0.05) is 32.1 Å². The largest absolute Gasteiger partial charge is 0.317 e. The molecule has 2 aliphatic heterocycles. The molecule has 19 heavy (non-hydrogen) atoms. The van der Waals surface area contributed by atoms with Crippen LogP contribution in [0.5, 0.6) is 0 Å². The molecule has 2 heterocycles. The highest BCUT2D eigenvalue weighted by Gasteiger charge is 2.37. The third-order valence-corrected chi connectivity index (χ3v) is 6.04. The first kappa shape index (κ1) is 13.9. The molecule has 3 aliphatic rings. The maximum absolute atomic E-state index is 3.53. The number of rotatable bonds is 5. The molecular formula is C17H32N2. The summed E-state index contributed by atoms with van der Waals surface area (Å²) in [6.07, 6.45) is 16.2. The van der Waals surface area contributed by atoms with E-state index < -0.39 is 0 Å². The number of hydrogen-bond donors (Lipinski definition) is 1. The standard InChI is InChI=1S/C17H32N2/c1-18-15-12-16-9-4-10-17(13-15)19(16)11-5-8-14-6-2-3-7-14/h14-18H,2-13H2,1H3. The van der Waals surface area contributed by atoms with Crippen molar-refractivity contribution in [3.05, 3.63) is 0 Å². The monoisotopic (exact) mass is 264 g/mol. The molecule has 2 nitrogen and oxygen atoms in total. The summed E-state index contributed by atoms with van der Waals surface area (Å²) in [5.41, 5.74) is 0. The van der Waals surface area contributed by atoms with Crippen LogP contribution in [0.3, 0.4) is 0 Å². The topological polar surface area (TPSA) is 15.3 Å². The lowest BCUT2D eigenvalue weighted by Gasteiger charge is -2.49. The first-order valence-electron chi connectivity index (χ1n) is 8.80. The lowest BCUT2D eigenvalue weighted by molar-refractivity contribution is 0.0239. The highest BCUT2D eigenvalue weighted by atomic mass is 15.2. The molecule has 3 fully saturated rings. The van der Waals surface area contributed by atoms with Crippen LogP contribution in [0.4, 0.5) is 0 Å². The van der Waals surface area contributed by atoms with Gasteiger partial charge in [0, 0.05) is 18.1 Å². The van der Waals surface area contributed by atoms with E-state index >= 15 is 0 Å². The van der Waals surface area contributed by atoms with E-state index in [1.54, 1.807) is 0 Å². The third-order valence-electron chi connectivity index (χ3n) is 6.04. The van der Waals surface area contributed by atoms with E-state index in [2.05, 4.69) is 17.3 Å². The highest BCUT2D eigenvalue weighted by molar-refractivity contribution is 4.94. The van der Waals surface area contributed by atoms with Crippen molar-refractivity contribution in [3.8, 4) is 0 Å². The predicted octanol–water partition coefficient (Wildman–Crippen LogP) is 3.56. The van der Waals surface area contributed by atoms with Gasteiger partial charge in [-0.3, -0.25) is 4.90 Å². The van der Waals surface area contributed by atoms with Crippen molar-refractivity contribution >= 4 is 0 Å². The quantitative estimate of drug-likeness (QED) is 0.817. The Kier molecular flexibility index (Phi) is 4.81. The average molecular weight is 264 g/mol. The van der Waals surface area contributed by atoms with Crippen molar-refractivity contribution in [2.45, 2.75) is 88.8 Å². The molecule has 0 radical (unpaired) electrons. The molecular weight excluding hydrogens is 232 g/mol. The fraction of sp³-hybridized carbons (Fsp3) is 1.00. The molecule has 1 aliphatic carbocycles. The summed E-state index contributed by atoms with van der Waals surface area (Å²) >= 11 is 0. The van der Waals surface area contributed by atoms with Crippen LogP contribution in [0.1, 0.15) is 70.6 Å². The molecule has 110 valence electrons. The minimum absolute atomic E-state index is 0.793. The van der Waals surface area contributed by atoms with Crippen LogP contribution in [0.2, 0.25) is 0 Å². The van der Waals surface area contributed by atoms with Gasteiger partial charge in [0.1, 0.15) is 0 Å². The van der Waals surface area contributed by atoms with Gasteiger partial charge < -0.3 is 5.32 Å². The zero-order chi connectivity index (χ0) is 13.1. The third kappa shape index (κ3) is 3.33. The normalized spacial score (nSPS) is 36.8. The van der Waals surface area contributed by atoms with E-state index in [0.717, 1.165) is 24.0 Å². The second kappa shape index (κ2) is 6.58. The predicted molar refractivity (Wildman–Crippen MR) is 81.4 cm³/mol. The van der Waals surface area contributed by atoms with E-state index in [1.165, 1.54) is 77.2 Å². The van der Waals surface area contributed by atoms with Crippen LogP contribution in [-0.4, -0.2) is 36.6 Å². The fourth-order valence-electron chi connectivity index (χ4n) is 4.94. The Bertz CT molecular complexity index is 258. The Hall–Kier alpha value is -0.0800. The summed E-state index contributed by atoms with van der Waals surface area (Å²) in [7, 11) is 2.15. The van der Waals surface area contributed by atoms with Gasteiger partial charge in [0.15, 0.2) is 0 Å². The lowest BCUT2D eigenvalue weighted by atomic mass is 9.81. The number of hydrogen-bond acceptors (Lipinski definition) is 2. The minimum atomic E-state index is 0.793. The van der Waals surface area contributed by atoms with Crippen LogP contribution >= 0.6 is 0 Å². The summed E-state index contributed by atoms with van der Waals surface area (Å²) in [6, 6.07) is 2.59. The van der Waals surface area contributed by atoms with Gasteiger partial charge in [0.05, 0.1) is 0 Å². The van der Waals surface area contributed by atoms with Gasteiger partial charge in [-0.25, -0.2) is 0 Å². The van der Waals surface area contributed by atoms with Crippen molar-refractivity contribution in [3.63, 3.8) is 0 Å². The Morgan fingerprint density at radius 3 is 2.26 bits per heavy atom. The number of nitrogens with one attached hydrogen (secondary N) is 1. The minimum Gasteiger partial charge on any atom is -0.317 e. The van der Waals surface area contributed by atoms with Crippen LogP contribution in [-0.2, 0) is 0 Å². The zero-order valence-electron chi connectivity index (χ0n) is 12.7. The number of fused-ring (bicyclic) bond motifs is 2. The van der Waals surface area contributed by atoms with Gasteiger partial charge in [-0.15, -0.1) is 0 Å². The van der Waals surface area contributed by atoms with Gasteiger partial charge in [-0.05, 0) is 58.0 Å². The molecule has 2 unspecified atom stereocenters. The first-order valence-corrected chi connectivity index (χ1v) is 8.80. The summed E-state index contributed by atoms with van der Waals surface area (Å²) < 4.78 is 0. The smallest absolute Gasteiger partial charge is 0.0113 e. The average Bonchev–Trinajstić information content (AvgIpc) is 2.91. The molecule has 0 amide bonds. The highest BCUT2D eigenvalue weighted by Crippen LogP contribution is 2.35. The maximum atomic E-state index is 3.53. The van der Waals surface area contributed by atoms with E-state index in [1.807, 2.05) is 0 Å². The molecule has 0 aromatic carbocycles. The first-order chi connectivity index (χ1) is 9.36. The molecule has 2 bridgehead atoms. The van der Waals surface area contributed by atoms with Crippen molar-refractivity contribution in [2.24, 2.45) is 5.92 Å². The Morgan fingerprint density at radius 1 is 0.947 bits per heavy atom. The van der Waals surface area contributed by atoms with Crippen LogP contribution in [0.15, 0.2) is 0 Å². The van der Waals surface area contributed by atoms with Crippen LogP contribution in [0, 0.1) is 5.92 Å². The number of piperidine rings is 2. The SMILES string of the molecule is CNC1CC2CCCC(C1)N2CCCC1CCCC1. The molecule has 2 atom stereocenters. The van der Waals surface area contributed by atoms with Gasteiger partial charge >= 0.3 is 0 Å². The Labute approximate surface area is 119 Å². The van der Waals surface area contributed by atoms with E-state index in [4.69, 9.17) is 0 Å². The van der Waals surface area contributed by atoms with Crippen LogP contribution < -0.4 is 5.32 Å².